The van der Waals surface area contributed by atoms with Gasteiger partial charge in [0, 0.05) is 11.5 Å². The number of anilines is 1. The van der Waals surface area contributed by atoms with Gasteiger partial charge in [0.2, 0.25) is 0 Å². The number of aromatic nitrogens is 1. The molecular weight excluding hydrogens is 216 g/mol. The van der Waals surface area contributed by atoms with E-state index in [0.717, 1.165) is 22.8 Å². The molecule has 4 nitrogen and oxygen atoms in total. The number of nitrogens with two attached hydrogens (primary N) is 1. The maximum atomic E-state index is 5.63. The minimum Gasteiger partial charge on any atom is -0.496 e. The molecule has 0 saturated heterocycles. The molecule has 1 aromatic carbocycles. The highest BCUT2D eigenvalue weighted by Crippen LogP contribution is 2.35. The zero-order valence-electron chi connectivity index (χ0n) is 10.2. The molecule has 17 heavy (non-hydrogen) atoms. The highest BCUT2D eigenvalue weighted by atomic mass is 16.5. The molecule has 0 bridgehead atoms. The Labute approximate surface area is 100 Å². The van der Waals surface area contributed by atoms with Crippen molar-refractivity contribution in [2.24, 2.45) is 0 Å². The van der Waals surface area contributed by atoms with E-state index in [4.69, 9.17) is 14.9 Å². The van der Waals surface area contributed by atoms with Gasteiger partial charge in [-0.15, -0.1) is 0 Å². The molecule has 4 heteroatoms. The first-order valence-corrected chi connectivity index (χ1v) is 5.53. The summed E-state index contributed by atoms with van der Waals surface area (Å²) in [5.41, 5.74) is 7.29. The molecule has 0 spiro atoms. The van der Waals surface area contributed by atoms with E-state index in [0.29, 0.717) is 0 Å². The Balaban J connectivity index is 2.59. The van der Waals surface area contributed by atoms with Gasteiger partial charge in [-0.2, -0.15) is 4.98 Å². The Morgan fingerprint density at radius 2 is 2.00 bits per heavy atom. The fourth-order valence-electron chi connectivity index (χ4n) is 1.77. The van der Waals surface area contributed by atoms with E-state index >= 15 is 0 Å². The summed E-state index contributed by atoms with van der Waals surface area (Å²) in [5, 5.41) is 0. The molecular formula is C13H16N2O2. The smallest absolute Gasteiger partial charge is 0.292 e. The van der Waals surface area contributed by atoms with Crippen LogP contribution in [0.4, 0.5) is 6.01 Å². The van der Waals surface area contributed by atoms with E-state index in [-0.39, 0.29) is 11.9 Å². The van der Waals surface area contributed by atoms with Gasteiger partial charge in [0.05, 0.1) is 7.11 Å². The predicted molar refractivity (Wildman–Crippen MR) is 67.0 cm³/mol. The fourth-order valence-corrected chi connectivity index (χ4v) is 1.77. The van der Waals surface area contributed by atoms with Gasteiger partial charge in [0.25, 0.3) is 6.01 Å². The van der Waals surface area contributed by atoms with Gasteiger partial charge in [-0.3, -0.25) is 0 Å². The summed E-state index contributed by atoms with van der Waals surface area (Å²) in [4.78, 5) is 4.24. The maximum absolute atomic E-state index is 5.63. The van der Waals surface area contributed by atoms with Crippen LogP contribution in [0.15, 0.2) is 28.7 Å². The van der Waals surface area contributed by atoms with Crippen molar-refractivity contribution in [3.63, 3.8) is 0 Å². The number of hydrogen-bond acceptors (Lipinski definition) is 4. The quantitative estimate of drug-likeness (QED) is 0.883. The summed E-state index contributed by atoms with van der Waals surface area (Å²) in [6, 6.07) is 7.88. The molecule has 0 radical (unpaired) electrons. The topological polar surface area (TPSA) is 61.3 Å². The molecule has 0 aliphatic rings. The van der Waals surface area contributed by atoms with Gasteiger partial charge in [0.1, 0.15) is 17.2 Å². The van der Waals surface area contributed by atoms with Gasteiger partial charge >= 0.3 is 0 Å². The Hall–Kier alpha value is -1.97. The molecule has 2 rings (SSSR count). The van der Waals surface area contributed by atoms with Crippen LogP contribution in [0.25, 0.3) is 11.3 Å². The number of oxazole rings is 1. The van der Waals surface area contributed by atoms with Gasteiger partial charge in [0.15, 0.2) is 0 Å². The predicted octanol–water partition coefficient (Wildman–Crippen LogP) is 3.06. The van der Waals surface area contributed by atoms with Gasteiger partial charge in [-0.25, -0.2) is 0 Å². The lowest BCUT2D eigenvalue weighted by Gasteiger charge is -2.08. The number of rotatable bonds is 3. The molecule has 0 fully saturated rings. The van der Waals surface area contributed by atoms with Crippen molar-refractivity contribution >= 4 is 6.01 Å². The van der Waals surface area contributed by atoms with Crippen molar-refractivity contribution in [3.05, 3.63) is 30.0 Å². The van der Waals surface area contributed by atoms with Crippen LogP contribution < -0.4 is 10.5 Å². The average Bonchev–Trinajstić information content (AvgIpc) is 2.71. The minimum absolute atomic E-state index is 0.189. The van der Waals surface area contributed by atoms with Crippen LogP contribution in [0.1, 0.15) is 25.5 Å². The summed E-state index contributed by atoms with van der Waals surface area (Å²) >= 11 is 0. The van der Waals surface area contributed by atoms with Crippen LogP contribution >= 0.6 is 0 Å². The van der Waals surface area contributed by atoms with Crippen LogP contribution in [0.2, 0.25) is 0 Å². The molecule has 0 atom stereocenters. The van der Waals surface area contributed by atoms with E-state index in [1.54, 1.807) is 7.11 Å². The highest BCUT2D eigenvalue weighted by Gasteiger charge is 2.19. The van der Waals surface area contributed by atoms with Crippen LogP contribution in [0.5, 0.6) is 5.75 Å². The Bertz CT molecular complexity index is 518. The number of methoxy groups -OCH3 is 1. The van der Waals surface area contributed by atoms with Gasteiger partial charge in [-0.05, 0) is 12.1 Å². The normalized spacial score (nSPS) is 10.8. The number of para-hydroxylation sites is 1. The molecule has 1 heterocycles. The third-order valence-corrected chi connectivity index (χ3v) is 2.56. The molecule has 1 aromatic heterocycles. The third-order valence-electron chi connectivity index (χ3n) is 2.56. The van der Waals surface area contributed by atoms with E-state index in [1.165, 1.54) is 0 Å². The Morgan fingerprint density at radius 1 is 1.29 bits per heavy atom. The van der Waals surface area contributed by atoms with E-state index in [9.17, 15) is 0 Å². The van der Waals surface area contributed by atoms with Crippen molar-refractivity contribution in [1.29, 1.82) is 0 Å². The maximum Gasteiger partial charge on any atom is 0.292 e. The first-order valence-electron chi connectivity index (χ1n) is 5.53. The van der Waals surface area contributed by atoms with Crippen LogP contribution in [-0.2, 0) is 0 Å². The molecule has 90 valence electrons. The monoisotopic (exact) mass is 232 g/mol. The lowest BCUT2D eigenvalue weighted by Crippen LogP contribution is -1.92. The molecule has 0 amide bonds. The molecule has 2 N–H and O–H groups in total. The van der Waals surface area contributed by atoms with E-state index in [2.05, 4.69) is 4.98 Å². The Kier molecular flexibility index (Phi) is 3.04. The van der Waals surface area contributed by atoms with Crippen molar-refractivity contribution in [1.82, 2.24) is 4.98 Å². The number of nitrogen functional groups attached to an aromatic ring is 1. The van der Waals surface area contributed by atoms with Crippen LogP contribution in [0, 0.1) is 0 Å². The highest BCUT2D eigenvalue weighted by molar-refractivity contribution is 5.70. The second kappa shape index (κ2) is 4.49. The lowest BCUT2D eigenvalue weighted by atomic mass is 10.0. The molecule has 0 aliphatic carbocycles. The van der Waals surface area contributed by atoms with E-state index < -0.39 is 0 Å². The Morgan fingerprint density at radius 3 is 2.65 bits per heavy atom. The fraction of sp³-hybridized carbons (Fsp3) is 0.308. The van der Waals surface area contributed by atoms with E-state index in [1.807, 2.05) is 38.1 Å². The largest absolute Gasteiger partial charge is 0.496 e. The first kappa shape index (κ1) is 11.5. The van der Waals surface area contributed by atoms with Gasteiger partial charge < -0.3 is 14.9 Å². The third kappa shape index (κ3) is 2.11. The summed E-state index contributed by atoms with van der Waals surface area (Å²) in [5.74, 6) is 1.77. The second-order valence-corrected chi connectivity index (χ2v) is 4.12. The summed E-state index contributed by atoms with van der Waals surface area (Å²) in [6.07, 6.45) is 0. The van der Waals surface area contributed by atoms with Crippen molar-refractivity contribution in [2.45, 2.75) is 19.8 Å². The molecule has 0 saturated carbocycles. The number of hydrogen-bond donors (Lipinski definition) is 1. The van der Waals surface area contributed by atoms with Crippen LogP contribution in [-0.4, -0.2) is 12.1 Å². The lowest BCUT2D eigenvalue weighted by molar-refractivity contribution is 0.416. The zero-order valence-corrected chi connectivity index (χ0v) is 10.2. The molecule has 0 unspecified atom stereocenters. The number of benzene rings is 1. The average molecular weight is 232 g/mol. The summed E-state index contributed by atoms with van der Waals surface area (Å²) in [7, 11) is 1.64. The molecule has 0 aliphatic heterocycles. The summed E-state index contributed by atoms with van der Waals surface area (Å²) < 4.78 is 10.8. The first-order chi connectivity index (χ1) is 8.13. The second-order valence-electron chi connectivity index (χ2n) is 4.12. The number of nitrogens with zero attached hydrogens (tertiary/aromatic N) is 1. The van der Waals surface area contributed by atoms with Crippen LogP contribution in [0.3, 0.4) is 0 Å². The summed E-state index contributed by atoms with van der Waals surface area (Å²) in [6.45, 7) is 4.08. The molecule has 2 aromatic rings. The standard InChI is InChI=1S/C13H16N2O2/c1-8(2)12-11(15-13(14)17-12)9-6-4-5-7-10(9)16-3/h4-8H,1-3H3,(H2,14,15). The zero-order chi connectivity index (χ0) is 12.4. The van der Waals surface area contributed by atoms with Crippen molar-refractivity contribution < 1.29 is 9.15 Å². The SMILES string of the molecule is COc1ccccc1-c1nc(N)oc1C(C)C. The van der Waals surface area contributed by atoms with Crippen molar-refractivity contribution in [2.75, 3.05) is 12.8 Å². The van der Waals surface area contributed by atoms with Gasteiger partial charge in [-0.1, -0.05) is 26.0 Å². The number of ether oxygens (including phenoxy) is 1. The van der Waals surface area contributed by atoms with Crippen molar-refractivity contribution in [3.8, 4) is 17.0 Å². The minimum atomic E-state index is 0.189.